The molecule has 96 valence electrons. The standard InChI is InChI=1S/C12H18O5/c1-16-11(14)10(12(15)17-2)8-6-4-3-5-7-9-13/h10,13H,3,5,7-9H2,1-2H3. The molecular weight excluding hydrogens is 224 g/mol. The average molecular weight is 242 g/mol. The van der Waals surface area contributed by atoms with Gasteiger partial charge >= 0.3 is 11.9 Å². The van der Waals surface area contributed by atoms with E-state index in [1.807, 2.05) is 0 Å². The van der Waals surface area contributed by atoms with Crippen molar-refractivity contribution in [3.8, 4) is 11.8 Å². The van der Waals surface area contributed by atoms with Crippen molar-refractivity contribution >= 4 is 11.9 Å². The second kappa shape index (κ2) is 9.67. The number of carbonyl (C=O) groups is 2. The van der Waals surface area contributed by atoms with E-state index in [1.54, 1.807) is 0 Å². The lowest BCUT2D eigenvalue weighted by atomic mass is 10.1. The molecule has 5 nitrogen and oxygen atoms in total. The summed E-state index contributed by atoms with van der Waals surface area (Å²) in [7, 11) is 2.43. The van der Waals surface area contributed by atoms with E-state index >= 15 is 0 Å². The second-order valence-electron chi connectivity index (χ2n) is 3.34. The molecule has 0 saturated heterocycles. The Kier molecular flexibility index (Phi) is 8.79. The summed E-state index contributed by atoms with van der Waals surface area (Å²) in [4.78, 5) is 22.5. The maximum atomic E-state index is 11.3. The van der Waals surface area contributed by atoms with Crippen molar-refractivity contribution in [2.75, 3.05) is 20.8 Å². The van der Waals surface area contributed by atoms with Crippen molar-refractivity contribution in [3.05, 3.63) is 0 Å². The van der Waals surface area contributed by atoms with E-state index in [0.717, 1.165) is 6.42 Å². The summed E-state index contributed by atoms with van der Waals surface area (Å²) in [5.41, 5.74) is 0. The van der Waals surface area contributed by atoms with E-state index in [2.05, 4.69) is 21.3 Å². The molecule has 0 unspecified atom stereocenters. The van der Waals surface area contributed by atoms with Crippen LogP contribution in [0.15, 0.2) is 0 Å². The molecule has 0 aromatic carbocycles. The van der Waals surface area contributed by atoms with Gasteiger partial charge in [-0.3, -0.25) is 9.59 Å². The first-order valence-corrected chi connectivity index (χ1v) is 5.39. The van der Waals surface area contributed by atoms with Crippen LogP contribution in [0, 0.1) is 17.8 Å². The van der Waals surface area contributed by atoms with Crippen LogP contribution in [0.1, 0.15) is 25.7 Å². The minimum absolute atomic E-state index is 0.0957. The Morgan fingerprint density at radius 1 is 1.12 bits per heavy atom. The number of rotatable bonds is 6. The van der Waals surface area contributed by atoms with E-state index in [9.17, 15) is 9.59 Å². The van der Waals surface area contributed by atoms with Gasteiger partial charge in [-0.1, -0.05) is 0 Å². The summed E-state index contributed by atoms with van der Waals surface area (Å²) in [5.74, 6) is 3.32. The lowest BCUT2D eigenvalue weighted by molar-refractivity contribution is -0.158. The van der Waals surface area contributed by atoms with E-state index in [0.29, 0.717) is 12.8 Å². The first-order chi connectivity index (χ1) is 8.17. The van der Waals surface area contributed by atoms with E-state index in [4.69, 9.17) is 5.11 Å². The van der Waals surface area contributed by atoms with Gasteiger partial charge in [-0.15, -0.1) is 11.8 Å². The zero-order chi connectivity index (χ0) is 13.1. The fraction of sp³-hybridized carbons (Fsp3) is 0.667. The molecule has 0 amide bonds. The molecule has 0 aromatic heterocycles. The normalized spacial score (nSPS) is 9.41. The molecule has 0 aromatic rings. The molecule has 0 aliphatic heterocycles. The Labute approximate surface area is 101 Å². The van der Waals surface area contributed by atoms with Crippen molar-refractivity contribution in [3.63, 3.8) is 0 Å². The molecule has 0 rings (SSSR count). The van der Waals surface area contributed by atoms with Crippen molar-refractivity contribution in [2.45, 2.75) is 25.7 Å². The second-order valence-corrected chi connectivity index (χ2v) is 3.34. The Morgan fingerprint density at radius 2 is 1.71 bits per heavy atom. The van der Waals surface area contributed by atoms with Gasteiger partial charge in [-0.2, -0.15) is 0 Å². The van der Waals surface area contributed by atoms with Gasteiger partial charge in [0.25, 0.3) is 0 Å². The van der Waals surface area contributed by atoms with Crippen LogP contribution in [0.2, 0.25) is 0 Å². The SMILES string of the molecule is COC(=O)C(CC#CCCCCO)C(=O)OC. The van der Waals surface area contributed by atoms with Crippen molar-refractivity contribution in [1.82, 2.24) is 0 Å². The number of ether oxygens (including phenoxy) is 2. The Bertz CT molecular complexity index is 284. The first kappa shape index (κ1) is 15.5. The van der Waals surface area contributed by atoms with Crippen molar-refractivity contribution < 1.29 is 24.2 Å². The molecule has 0 spiro atoms. The minimum Gasteiger partial charge on any atom is -0.468 e. The number of aliphatic hydroxyl groups is 1. The van der Waals surface area contributed by atoms with Crippen molar-refractivity contribution in [1.29, 1.82) is 0 Å². The molecule has 0 saturated carbocycles. The topological polar surface area (TPSA) is 72.8 Å². The largest absolute Gasteiger partial charge is 0.468 e. The third kappa shape index (κ3) is 6.59. The number of esters is 2. The quantitative estimate of drug-likeness (QED) is 0.318. The van der Waals surface area contributed by atoms with Crippen LogP contribution in [-0.4, -0.2) is 37.9 Å². The highest BCUT2D eigenvalue weighted by molar-refractivity contribution is 5.95. The van der Waals surface area contributed by atoms with Gasteiger partial charge in [0, 0.05) is 19.4 Å². The maximum Gasteiger partial charge on any atom is 0.321 e. The fourth-order valence-corrected chi connectivity index (χ4v) is 1.14. The molecular formula is C12H18O5. The Balaban J connectivity index is 4.16. The van der Waals surface area contributed by atoms with Gasteiger partial charge in [0.05, 0.1) is 14.2 Å². The monoisotopic (exact) mass is 242 g/mol. The van der Waals surface area contributed by atoms with Gasteiger partial charge in [0.15, 0.2) is 5.92 Å². The molecule has 5 heteroatoms. The predicted octanol–water partition coefficient (Wildman–Crippen LogP) is 0.505. The van der Waals surface area contributed by atoms with Gasteiger partial charge in [0.1, 0.15) is 0 Å². The molecule has 0 fully saturated rings. The molecule has 0 aliphatic carbocycles. The van der Waals surface area contributed by atoms with Crippen molar-refractivity contribution in [2.24, 2.45) is 5.92 Å². The summed E-state index contributed by atoms with van der Waals surface area (Å²) in [6, 6.07) is 0. The molecule has 1 N–H and O–H groups in total. The minimum atomic E-state index is -0.977. The van der Waals surface area contributed by atoms with Gasteiger partial charge in [-0.05, 0) is 12.8 Å². The van der Waals surface area contributed by atoms with E-state index < -0.39 is 17.9 Å². The zero-order valence-corrected chi connectivity index (χ0v) is 10.2. The zero-order valence-electron chi connectivity index (χ0n) is 10.2. The average Bonchev–Trinajstić information content (AvgIpc) is 2.36. The summed E-state index contributed by atoms with van der Waals surface area (Å²) in [6.07, 6.45) is 2.23. The number of aliphatic hydroxyl groups excluding tert-OH is 1. The lowest BCUT2D eigenvalue weighted by Gasteiger charge is -2.08. The number of methoxy groups -OCH3 is 2. The molecule has 0 radical (unpaired) electrons. The highest BCUT2D eigenvalue weighted by Crippen LogP contribution is 2.07. The fourth-order valence-electron chi connectivity index (χ4n) is 1.14. The maximum absolute atomic E-state index is 11.3. The number of unbranched alkanes of at least 4 members (excludes halogenated alkanes) is 2. The third-order valence-electron chi connectivity index (χ3n) is 2.11. The van der Waals surface area contributed by atoms with Crippen LogP contribution >= 0.6 is 0 Å². The first-order valence-electron chi connectivity index (χ1n) is 5.39. The third-order valence-corrected chi connectivity index (χ3v) is 2.11. The summed E-state index contributed by atoms with van der Waals surface area (Å²) in [5, 5.41) is 8.55. The molecule has 17 heavy (non-hydrogen) atoms. The highest BCUT2D eigenvalue weighted by Gasteiger charge is 2.27. The summed E-state index contributed by atoms with van der Waals surface area (Å²) in [6.45, 7) is 0.147. The summed E-state index contributed by atoms with van der Waals surface area (Å²) < 4.78 is 8.98. The van der Waals surface area contributed by atoms with Crippen LogP contribution in [0.3, 0.4) is 0 Å². The van der Waals surface area contributed by atoms with Crippen LogP contribution in [-0.2, 0) is 19.1 Å². The number of hydrogen-bond acceptors (Lipinski definition) is 5. The van der Waals surface area contributed by atoms with Crippen LogP contribution in [0.5, 0.6) is 0 Å². The van der Waals surface area contributed by atoms with Crippen LogP contribution in [0.4, 0.5) is 0 Å². The number of carbonyl (C=O) groups excluding carboxylic acids is 2. The molecule has 0 bridgehead atoms. The summed E-state index contributed by atoms with van der Waals surface area (Å²) >= 11 is 0. The smallest absolute Gasteiger partial charge is 0.321 e. The van der Waals surface area contributed by atoms with E-state index in [-0.39, 0.29) is 13.0 Å². The van der Waals surface area contributed by atoms with Crippen LogP contribution in [0.25, 0.3) is 0 Å². The Hall–Kier alpha value is -1.54. The molecule has 0 aliphatic rings. The van der Waals surface area contributed by atoms with Gasteiger partial charge < -0.3 is 14.6 Å². The van der Waals surface area contributed by atoms with Crippen LogP contribution < -0.4 is 0 Å². The highest BCUT2D eigenvalue weighted by atomic mass is 16.5. The van der Waals surface area contributed by atoms with Gasteiger partial charge in [-0.25, -0.2) is 0 Å². The molecule has 0 heterocycles. The lowest BCUT2D eigenvalue weighted by Crippen LogP contribution is -2.26. The number of hydrogen-bond donors (Lipinski definition) is 1. The van der Waals surface area contributed by atoms with E-state index in [1.165, 1.54) is 14.2 Å². The molecule has 0 atom stereocenters. The Morgan fingerprint density at radius 3 is 2.18 bits per heavy atom. The van der Waals surface area contributed by atoms with Gasteiger partial charge in [0.2, 0.25) is 0 Å². The predicted molar refractivity (Wildman–Crippen MR) is 60.9 cm³/mol.